The Morgan fingerprint density at radius 2 is 1.71 bits per heavy atom. The molecule has 2 N–H and O–H groups in total. The smallest absolute Gasteiger partial charge is 0.269 e. The first kappa shape index (κ1) is 30.7. The van der Waals surface area contributed by atoms with Gasteiger partial charge in [0.05, 0.1) is 43.1 Å². The Kier molecular flexibility index (Phi) is 10.3. The summed E-state index contributed by atoms with van der Waals surface area (Å²) in [5, 5.41) is 0. The minimum atomic E-state index is -0.540. The van der Waals surface area contributed by atoms with Gasteiger partial charge in [-0.2, -0.15) is 0 Å². The first-order chi connectivity index (χ1) is 20.4. The van der Waals surface area contributed by atoms with Crippen LogP contribution in [0.25, 0.3) is 0 Å². The van der Waals surface area contributed by atoms with Crippen molar-refractivity contribution in [1.82, 2.24) is 24.7 Å². The average molecular weight is 580 g/mol. The molecule has 1 aromatic heterocycles. The van der Waals surface area contributed by atoms with Crippen LogP contribution < -0.4 is 15.4 Å². The van der Waals surface area contributed by atoms with Crippen LogP contribution >= 0.6 is 0 Å². The molecule has 0 unspecified atom stereocenters. The molecule has 1 aromatic carbocycles. The number of nitrogens with two attached hydrogens (primary N) is 1. The third kappa shape index (κ3) is 7.22. The Morgan fingerprint density at radius 1 is 1.00 bits per heavy atom. The van der Waals surface area contributed by atoms with E-state index in [1.165, 1.54) is 39.0 Å². The van der Waals surface area contributed by atoms with Crippen molar-refractivity contribution in [2.75, 3.05) is 77.6 Å². The molecular formula is C32H49N7O3. The molecule has 1 amide bonds. The van der Waals surface area contributed by atoms with Crippen LogP contribution in [0.15, 0.2) is 18.2 Å². The quantitative estimate of drug-likeness (QED) is 0.455. The number of primary amides is 1. The van der Waals surface area contributed by atoms with Crippen LogP contribution in [0.1, 0.15) is 66.7 Å². The first-order valence-corrected chi connectivity index (χ1v) is 15.7. The maximum absolute atomic E-state index is 12.4. The summed E-state index contributed by atoms with van der Waals surface area (Å²) in [5.41, 5.74) is 10.6. The van der Waals surface area contributed by atoms with Crippen molar-refractivity contribution in [2.24, 2.45) is 5.73 Å². The van der Waals surface area contributed by atoms with Gasteiger partial charge in [0.25, 0.3) is 5.91 Å². The Hall–Kier alpha value is -2.79. The highest BCUT2D eigenvalue weighted by Crippen LogP contribution is 2.33. The van der Waals surface area contributed by atoms with E-state index in [4.69, 9.17) is 25.2 Å². The van der Waals surface area contributed by atoms with E-state index in [9.17, 15) is 4.79 Å². The number of carbonyl (C=O) groups excluding carboxylic acids is 1. The number of hydrogen-bond donors (Lipinski definition) is 1. The molecule has 0 atom stereocenters. The number of rotatable bonds is 10. The van der Waals surface area contributed by atoms with Gasteiger partial charge in [-0.25, -0.2) is 4.98 Å². The lowest BCUT2D eigenvalue weighted by molar-refractivity contribution is 0.0334. The van der Waals surface area contributed by atoms with Gasteiger partial charge in [0.2, 0.25) is 0 Å². The number of morpholine rings is 1. The summed E-state index contributed by atoms with van der Waals surface area (Å²) < 4.78 is 11.4. The minimum Gasteiger partial charge on any atom is -0.495 e. The normalized spacial score (nSPS) is 19.9. The molecule has 3 aliphatic rings. The largest absolute Gasteiger partial charge is 0.495 e. The number of hydrogen-bond acceptors (Lipinski definition) is 9. The number of piperazine rings is 1. The number of carbonyl (C=O) groups is 1. The molecule has 0 saturated carbocycles. The fourth-order valence-corrected chi connectivity index (χ4v) is 6.62. The van der Waals surface area contributed by atoms with Crippen LogP contribution in [0.4, 0.5) is 5.69 Å². The fraction of sp³-hybridized carbons (Fsp3) is 0.656. The van der Waals surface area contributed by atoms with Crippen molar-refractivity contribution in [1.29, 1.82) is 0 Å². The standard InChI is InChI=1S/C32H49N7O3/c1-5-26-28(22-36-16-18-42-19-17-36)34-27(31(35-26)32(33)40)20-24-6-7-29(30(21-24)41-4)39-10-8-25(9-11-39)38-14-12-37(13-15-38)23(2)3/h6-7,21,23,25H,5,8-20,22H2,1-4H3,(H2,33,40). The fourth-order valence-electron chi connectivity index (χ4n) is 6.62. The second kappa shape index (κ2) is 14.1. The van der Waals surface area contributed by atoms with Crippen molar-refractivity contribution in [3.63, 3.8) is 0 Å². The molecule has 3 aliphatic heterocycles. The van der Waals surface area contributed by atoms with Gasteiger partial charge in [-0.1, -0.05) is 13.0 Å². The molecule has 0 spiro atoms. The molecule has 0 aliphatic carbocycles. The topological polar surface area (TPSA) is 100 Å². The Labute approximate surface area is 251 Å². The van der Waals surface area contributed by atoms with Crippen LogP contribution in [-0.2, 0) is 24.1 Å². The van der Waals surface area contributed by atoms with Gasteiger partial charge in [0.15, 0.2) is 0 Å². The molecule has 5 rings (SSSR count). The first-order valence-electron chi connectivity index (χ1n) is 15.7. The van der Waals surface area contributed by atoms with Crippen LogP contribution in [0.2, 0.25) is 0 Å². The molecule has 3 saturated heterocycles. The summed E-state index contributed by atoms with van der Waals surface area (Å²) in [4.78, 5) is 32.2. The number of aryl methyl sites for hydroxylation is 1. The summed E-state index contributed by atoms with van der Waals surface area (Å²) in [6.45, 7) is 17.2. The number of methoxy groups -OCH3 is 1. The zero-order valence-corrected chi connectivity index (χ0v) is 26.0. The molecule has 10 nitrogen and oxygen atoms in total. The minimum absolute atomic E-state index is 0.261. The van der Waals surface area contributed by atoms with Gasteiger partial charge in [0.1, 0.15) is 11.4 Å². The van der Waals surface area contributed by atoms with Crippen molar-refractivity contribution < 1.29 is 14.3 Å². The predicted octanol–water partition coefficient (Wildman–Crippen LogP) is 2.56. The van der Waals surface area contributed by atoms with Crippen molar-refractivity contribution >= 4 is 11.6 Å². The number of piperidine rings is 1. The molecule has 2 aromatic rings. The highest BCUT2D eigenvalue weighted by Gasteiger charge is 2.29. The van der Waals surface area contributed by atoms with E-state index in [2.05, 4.69) is 51.6 Å². The lowest BCUT2D eigenvalue weighted by Crippen LogP contribution is -2.54. The zero-order chi connectivity index (χ0) is 29.6. The average Bonchev–Trinajstić information content (AvgIpc) is 3.01. The Balaban J connectivity index is 1.27. The van der Waals surface area contributed by atoms with E-state index in [1.807, 2.05) is 6.92 Å². The summed E-state index contributed by atoms with van der Waals surface area (Å²) in [6, 6.07) is 7.64. The predicted molar refractivity (Wildman–Crippen MR) is 165 cm³/mol. The molecular weight excluding hydrogens is 530 g/mol. The highest BCUT2D eigenvalue weighted by molar-refractivity contribution is 5.92. The Bertz CT molecular complexity index is 1200. The molecule has 230 valence electrons. The number of anilines is 1. The molecule has 4 heterocycles. The number of ether oxygens (including phenoxy) is 2. The number of aromatic nitrogens is 2. The molecule has 0 bridgehead atoms. The van der Waals surface area contributed by atoms with Crippen LogP contribution in [0.5, 0.6) is 5.75 Å². The number of benzene rings is 1. The van der Waals surface area contributed by atoms with Gasteiger partial charge >= 0.3 is 0 Å². The summed E-state index contributed by atoms with van der Waals surface area (Å²) in [5.74, 6) is 0.311. The third-order valence-corrected chi connectivity index (χ3v) is 9.18. The van der Waals surface area contributed by atoms with E-state index in [1.54, 1.807) is 7.11 Å². The molecule has 0 radical (unpaired) electrons. The van der Waals surface area contributed by atoms with Gasteiger partial charge in [-0.05, 0) is 50.8 Å². The molecule has 10 heteroatoms. The van der Waals surface area contributed by atoms with E-state index in [0.717, 1.165) is 67.8 Å². The van der Waals surface area contributed by atoms with E-state index < -0.39 is 5.91 Å². The van der Waals surface area contributed by atoms with Crippen molar-refractivity contribution in [3.05, 3.63) is 46.5 Å². The molecule has 42 heavy (non-hydrogen) atoms. The van der Waals surface area contributed by atoms with E-state index in [-0.39, 0.29) is 5.69 Å². The second-order valence-electron chi connectivity index (χ2n) is 12.1. The van der Waals surface area contributed by atoms with Crippen LogP contribution in [0.3, 0.4) is 0 Å². The third-order valence-electron chi connectivity index (χ3n) is 9.18. The van der Waals surface area contributed by atoms with Crippen LogP contribution in [0, 0.1) is 0 Å². The number of nitrogens with zero attached hydrogens (tertiary/aromatic N) is 6. The van der Waals surface area contributed by atoms with Gasteiger partial charge in [0, 0.05) is 77.4 Å². The van der Waals surface area contributed by atoms with E-state index >= 15 is 0 Å². The summed E-state index contributed by atoms with van der Waals surface area (Å²) >= 11 is 0. The summed E-state index contributed by atoms with van der Waals surface area (Å²) in [7, 11) is 1.73. The van der Waals surface area contributed by atoms with Crippen molar-refractivity contribution in [3.8, 4) is 5.75 Å². The van der Waals surface area contributed by atoms with Crippen LogP contribution in [-0.4, -0.2) is 115 Å². The molecule has 3 fully saturated rings. The zero-order valence-electron chi connectivity index (χ0n) is 26.0. The Morgan fingerprint density at radius 3 is 2.33 bits per heavy atom. The lowest BCUT2D eigenvalue weighted by Gasteiger charge is -2.44. The van der Waals surface area contributed by atoms with Gasteiger partial charge in [-0.3, -0.25) is 24.5 Å². The number of amides is 1. The second-order valence-corrected chi connectivity index (χ2v) is 12.1. The van der Waals surface area contributed by atoms with E-state index in [0.29, 0.717) is 37.2 Å². The van der Waals surface area contributed by atoms with Gasteiger partial charge < -0.3 is 20.1 Å². The maximum atomic E-state index is 12.4. The monoisotopic (exact) mass is 579 g/mol. The van der Waals surface area contributed by atoms with Gasteiger partial charge in [-0.15, -0.1) is 0 Å². The summed E-state index contributed by atoms with van der Waals surface area (Å²) in [6.07, 6.45) is 3.49. The maximum Gasteiger partial charge on any atom is 0.269 e. The lowest BCUT2D eigenvalue weighted by atomic mass is 10.00. The van der Waals surface area contributed by atoms with Crippen molar-refractivity contribution in [2.45, 2.75) is 65.1 Å². The SMILES string of the molecule is CCc1nc(C(N)=O)c(Cc2ccc(N3CCC(N4CCN(C(C)C)CC4)CC3)c(OC)c2)nc1CN1CCOCC1. The highest BCUT2D eigenvalue weighted by atomic mass is 16.5.